The van der Waals surface area contributed by atoms with Crippen LogP contribution in [0.1, 0.15) is 37.1 Å². The van der Waals surface area contributed by atoms with Crippen LogP contribution >= 0.6 is 0 Å². The lowest BCUT2D eigenvalue weighted by Crippen LogP contribution is -2.45. The fraction of sp³-hybridized carbons (Fsp3) is 0.429. The van der Waals surface area contributed by atoms with E-state index in [4.69, 9.17) is 0 Å². The van der Waals surface area contributed by atoms with Crippen molar-refractivity contribution in [1.29, 1.82) is 0 Å². The Morgan fingerprint density at radius 1 is 1.21 bits per heavy atom. The minimum atomic E-state index is -0.181. The van der Waals surface area contributed by atoms with Crippen LogP contribution in [0.2, 0.25) is 0 Å². The second-order valence-electron chi connectivity index (χ2n) is 7.57. The Balaban J connectivity index is 1.60. The largest absolute Gasteiger partial charge is 0.337 e. The third-order valence-electron chi connectivity index (χ3n) is 5.74. The molecule has 0 spiro atoms. The fourth-order valence-corrected chi connectivity index (χ4v) is 4.13. The zero-order chi connectivity index (χ0) is 19.8. The van der Waals surface area contributed by atoms with E-state index in [2.05, 4.69) is 11.1 Å². The topological polar surface area (TPSA) is 75.5 Å². The summed E-state index contributed by atoms with van der Waals surface area (Å²) in [5, 5.41) is 0. The quantitative estimate of drug-likeness (QED) is 0.792. The molecule has 4 rings (SSSR count). The first kappa shape index (κ1) is 18.4. The highest BCUT2D eigenvalue weighted by molar-refractivity contribution is 5.95. The summed E-state index contributed by atoms with van der Waals surface area (Å²) in [7, 11) is 0. The Morgan fingerprint density at radius 3 is 2.79 bits per heavy atom. The second-order valence-corrected chi connectivity index (χ2v) is 7.57. The smallest absolute Gasteiger partial charge is 0.257 e. The molecule has 2 aromatic rings. The summed E-state index contributed by atoms with van der Waals surface area (Å²) in [4.78, 5) is 45.4. The summed E-state index contributed by atoms with van der Waals surface area (Å²) < 4.78 is 1.40. The first-order valence-electron chi connectivity index (χ1n) is 9.68. The van der Waals surface area contributed by atoms with Crippen molar-refractivity contribution in [2.45, 2.75) is 52.2 Å². The average molecular weight is 380 g/mol. The first-order chi connectivity index (χ1) is 13.5. The monoisotopic (exact) mass is 380 g/mol. The van der Waals surface area contributed by atoms with Crippen LogP contribution in [-0.4, -0.2) is 38.9 Å². The van der Waals surface area contributed by atoms with Crippen molar-refractivity contribution in [2.24, 2.45) is 0 Å². The van der Waals surface area contributed by atoms with E-state index in [0.717, 1.165) is 24.1 Å². The molecule has 0 saturated heterocycles. The Hall–Kier alpha value is -2.96. The number of para-hydroxylation sites is 1. The first-order valence-corrected chi connectivity index (χ1v) is 9.68. The van der Waals surface area contributed by atoms with Crippen molar-refractivity contribution in [2.75, 3.05) is 11.4 Å². The highest BCUT2D eigenvalue weighted by Gasteiger charge is 2.29. The number of hydrogen-bond acceptors (Lipinski definition) is 4. The lowest BCUT2D eigenvalue weighted by atomic mass is 9.96. The Morgan fingerprint density at radius 2 is 2.00 bits per heavy atom. The molecule has 0 radical (unpaired) electrons. The van der Waals surface area contributed by atoms with Crippen LogP contribution in [0.3, 0.4) is 0 Å². The van der Waals surface area contributed by atoms with Gasteiger partial charge in [-0.1, -0.05) is 18.2 Å². The van der Waals surface area contributed by atoms with E-state index < -0.39 is 0 Å². The number of aryl methyl sites for hydroxylation is 1. The Labute approximate surface area is 163 Å². The number of carbonyl (C=O) groups excluding carboxylic acids is 2. The molecule has 7 heteroatoms. The van der Waals surface area contributed by atoms with Gasteiger partial charge in [0.2, 0.25) is 11.8 Å². The van der Waals surface area contributed by atoms with Crippen LogP contribution in [0, 0.1) is 0 Å². The fourth-order valence-electron chi connectivity index (χ4n) is 4.13. The Bertz CT molecular complexity index is 997. The average Bonchev–Trinajstić information content (AvgIpc) is 2.69. The van der Waals surface area contributed by atoms with E-state index in [1.165, 1.54) is 17.8 Å². The maximum absolute atomic E-state index is 13.1. The summed E-state index contributed by atoms with van der Waals surface area (Å²) in [5.74, 6) is -0.130. The molecule has 28 heavy (non-hydrogen) atoms. The number of rotatable bonds is 2. The number of carbonyl (C=O) groups is 2. The molecule has 0 saturated carbocycles. The zero-order valence-corrected chi connectivity index (χ0v) is 16.2. The van der Waals surface area contributed by atoms with Gasteiger partial charge >= 0.3 is 0 Å². The number of amides is 2. The molecule has 0 aliphatic carbocycles. The molecule has 2 amide bonds. The van der Waals surface area contributed by atoms with Crippen molar-refractivity contribution in [3.63, 3.8) is 0 Å². The summed E-state index contributed by atoms with van der Waals surface area (Å²) in [6.07, 6.45) is 3.76. The number of hydrogen-bond donors (Lipinski definition) is 0. The normalized spacial score (nSPS) is 18.4. The zero-order valence-electron chi connectivity index (χ0n) is 16.2. The highest BCUT2D eigenvalue weighted by atomic mass is 16.2. The SMILES string of the molecule is CC(=O)N1CCc2c(ncn(CC(=O)N3c4ccccc4CC[C@H]3C)c2=O)C1. The standard InChI is InChI=1S/C21H24N4O3/c1-14-7-8-16-5-3-4-6-19(16)25(14)20(27)12-24-13-22-18-11-23(15(2)26)10-9-17(18)21(24)28/h3-6,13-14H,7-12H2,1-2H3/t14-/m1/s1. The van der Waals surface area contributed by atoms with Gasteiger partial charge in [0.1, 0.15) is 6.54 Å². The molecule has 0 bridgehead atoms. The molecule has 3 heterocycles. The predicted octanol–water partition coefficient (Wildman–Crippen LogP) is 1.52. The van der Waals surface area contributed by atoms with Crippen LogP contribution in [-0.2, 0) is 35.5 Å². The van der Waals surface area contributed by atoms with E-state index in [9.17, 15) is 14.4 Å². The molecule has 146 valence electrons. The number of anilines is 1. The Kier molecular flexibility index (Phi) is 4.75. The highest BCUT2D eigenvalue weighted by Crippen LogP contribution is 2.30. The molecular weight excluding hydrogens is 356 g/mol. The summed E-state index contributed by atoms with van der Waals surface area (Å²) >= 11 is 0. The molecule has 2 aliphatic heterocycles. The van der Waals surface area contributed by atoms with Crippen LogP contribution in [0.25, 0.3) is 0 Å². The summed E-state index contributed by atoms with van der Waals surface area (Å²) in [5.41, 5.74) is 3.16. The third kappa shape index (κ3) is 3.21. The van der Waals surface area contributed by atoms with E-state index in [1.807, 2.05) is 30.0 Å². The van der Waals surface area contributed by atoms with Crippen LogP contribution in [0.15, 0.2) is 35.4 Å². The minimum absolute atomic E-state index is 0.0236. The summed E-state index contributed by atoms with van der Waals surface area (Å²) in [6.45, 7) is 4.38. The lowest BCUT2D eigenvalue weighted by molar-refractivity contribution is -0.129. The second kappa shape index (κ2) is 7.22. The van der Waals surface area contributed by atoms with Gasteiger partial charge in [0.05, 0.1) is 18.6 Å². The lowest BCUT2D eigenvalue weighted by Gasteiger charge is -2.35. The van der Waals surface area contributed by atoms with Gasteiger partial charge in [-0.3, -0.25) is 19.0 Å². The molecule has 1 aromatic carbocycles. The molecule has 2 aliphatic rings. The van der Waals surface area contributed by atoms with E-state index in [0.29, 0.717) is 30.8 Å². The number of fused-ring (bicyclic) bond motifs is 2. The van der Waals surface area contributed by atoms with E-state index in [1.54, 1.807) is 4.90 Å². The molecule has 1 atom stereocenters. The molecule has 0 fully saturated rings. The molecule has 0 unspecified atom stereocenters. The van der Waals surface area contributed by atoms with Crippen LogP contribution in [0.4, 0.5) is 5.69 Å². The van der Waals surface area contributed by atoms with Crippen molar-refractivity contribution >= 4 is 17.5 Å². The van der Waals surface area contributed by atoms with Crippen LogP contribution < -0.4 is 10.5 Å². The number of nitrogens with zero attached hydrogens (tertiary/aromatic N) is 4. The van der Waals surface area contributed by atoms with Crippen molar-refractivity contribution < 1.29 is 9.59 Å². The minimum Gasteiger partial charge on any atom is -0.337 e. The van der Waals surface area contributed by atoms with Crippen molar-refractivity contribution in [3.05, 3.63) is 57.8 Å². The maximum atomic E-state index is 13.1. The maximum Gasteiger partial charge on any atom is 0.257 e. The number of benzene rings is 1. The van der Waals surface area contributed by atoms with Gasteiger partial charge < -0.3 is 9.80 Å². The van der Waals surface area contributed by atoms with Gasteiger partial charge in [-0.05, 0) is 37.8 Å². The van der Waals surface area contributed by atoms with Crippen molar-refractivity contribution in [3.8, 4) is 0 Å². The van der Waals surface area contributed by atoms with Gasteiger partial charge in [0, 0.05) is 30.8 Å². The molecule has 7 nitrogen and oxygen atoms in total. The predicted molar refractivity (Wildman–Crippen MR) is 105 cm³/mol. The van der Waals surface area contributed by atoms with Gasteiger partial charge in [-0.25, -0.2) is 4.98 Å². The van der Waals surface area contributed by atoms with Crippen LogP contribution in [0.5, 0.6) is 0 Å². The molecular formula is C21H24N4O3. The van der Waals surface area contributed by atoms with E-state index >= 15 is 0 Å². The third-order valence-corrected chi connectivity index (χ3v) is 5.74. The van der Waals surface area contributed by atoms with Gasteiger partial charge in [0.15, 0.2) is 0 Å². The molecule has 1 aromatic heterocycles. The molecule has 0 N–H and O–H groups in total. The van der Waals surface area contributed by atoms with Gasteiger partial charge in [-0.2, -0.15) is 0 Å². The van der Waals surface area contributed by atoms with Crippen molar-refractivity contribution in [1.82, 2.24) is 14.5 Å². The van der Waals surface area contributed by atoms with E-state index in [-0.39, 0.29) is 30.0 Å². The number of aromatic nitrogens is 2. The summed E-state index contributed by atoms with van der Waals surface area (Å²) in [6, 6.07) is 8.03. The van der Waals surface area contributed by atoms with Gasteiger partial charge in [-0.15, -0.1) is 0 Å². The van der Waals surface area contributed by atoms with Gasteiger partial charge in [0.25, 0.3) is 5.56 Å².